The van der Waals surface area contributed by atoms with Crippen LogP contribution in [0.1, 0.15) is 53.4 Å². The first kappa shape index (κ1) is 20.7. The Hall–Kier alpha value is -2.63. The fourth-order valence-corrected chi connectivity index (χ4v) is 3.21. The van der Waals surface area contributed by atoms with E-state index in [1.807, 2.05) is 6.07 Å². The molecule has 1 aliphatic carbocycles. The van der Waals surface area contributed by atoms with E-state index < -0.39 is 47.5 Å². The molecule has 9 nitrogen and oxygen atoms in total. The zero-order valence-corrected chi connectivity index (χ0v) is 16.1. The third-order valence-electron chi connectivity index (χ3n) is 5.44. The first-order valence-corrected chi connectivity index (χ1v) is 9.11. The van der Waals surface area contributed by atoms with Crippen LogP contribution in [0.2, 0.25) is 0 Å². The molecular formula is C18H26N4O5. The summed E-state index contributed by atoms with van der Waals surface area (Å²) >= 11 is 0. The molecule has 2 atom stereocenters. The van der Waals surface area contributed by atoms with Crippen molar-refractivity contribution in [3.63, 3.8) is 0 Å². The van der Waals surface area contributed by atoms with Crippen LogP contribution in [0.3, 0.4) is 0 Å². The predicted molar refractivity (Wildman–Crippen MR) is 94.0 cm³/mol. The molecule has 1 aliphatic heterocycles. The van der Waals surface area contributed by atoms with E-state index in [1.54, 1.807) is 20.8 Å². The maximum absolute atomic E-state index is 12.5. The van der Waals surface area contributed by atoms with E-state index in [2.05, 4.69) is 10.6 Å². The van der Waals surface area contributed by atoms with Gasteiger partial charge in [-0.15, -0.1) is 0 Å². The Morgan fingerprint density at radius 3 is 2.44 bits per heavy atom. The zero-order chi connectivity index (χ0) is 20.4. The molecule has 0 aromatic carbocycles. The Bertz CT molecular complexity index is 692. The van der Waals surface area contributed by atoms with Crippen LogP contribution in [0, 0.1) is 17.2 Å². The molecule has 0 aromatic heterocycles. The Labute approximate surface area is 158 Å². The minimum absolute atomic E-state index is 0.150. The highest BCUT2D eigenvalue weighted by Gasteiger charge is 2.52. The number of hydrogen-bond acceptors (Lipinski definition) is 6. The first-order valence-electron chi connectivity index (χ1n) is 9.11. The molecule has 1 saturated carbocycles. The number of carbonyl (C=O) groups excluding carboxylic acids is 4. The SMILES string of the molecule is CC(C)[C@](C)(C#N)NC(=O)[C@H](C)OC(=O)CN1C(=O)NC2(CCCC2)C1=O. The molecule has 27 heavy (non-hydrogen) atoms. The van der Waals surface area contributed by atoms with Gasteiger partial charge in [0.1, 0.15) is 17.6 Å². The highest BCUT2D eigenvalue weighted by molar-refractivity contribution is 6.08. The van der Waals surface area contributed by atoms with Crippen LogP contribution in [0.5, 0.6) is 0 Å². The van der Waals surface area contributed by atoms with Crippen LogP contribution in [0.4, 0.5) is 4.79 Å². The molecule has 1 spiro atoms. The van der Waals surface area contributed by atoms with E-state index in [0.29, 0.717) is 12.8 Å². The van der Waals surface area contributed by atoms with Crippen molar-refractivity contribution < 1.29 is 23.9 Å². The Morgan fingerprint density at radius 2 is 1.93 bits per heavy atom. The Morgan fingerprint density at radius 1 is 1.33 bits per heavy atom. The normalized spacial score (nSPS) is 21.6. The lowest BCUT2D eigenvalue weighted by atomic mass is 9.90. The number of rotatable bonds is 6. The zero-order valence-electron chi connectivity index (χ0n) is 16.1. The van der Waals surface area contributed by atoms with Crippen LogP contribution < -0.4 is 10.6 Å². The van der Waals surface area contributed by atoms with E-state index in [4.69, 9.17) is 4.74 Å². The number of amides is 4. The van der Waals surface area contributed by atoms with Gasteiger partial charge in [0, 0.05) is 0 Å². The monoisotopic (exact) mass is 378 g/mol. The molecule has 0 radical (unpaired) electrons. The van der Waals surface area contributed by atoms with E-state index in [-0.39, 0.29) is 5.92 Å². The number of urea groups is 1. The number of hydrogen-bond donors (Lipinski definition) is 2. The van der Waals surface area contributed by atoms with Crippen LogP contribution in [0.15, 0.2) is 0 Å². The molecular weight excluding hydrogens is 352 g/mol. The van der Waals surface area contributed by atoms with E-state index in [0.717, 1.165) is 17.7 Å². The summed E-state index contributed by atoms with van der Waals surface area (Å²) in [6, 6.07) is 1.42. The molecule has 1 heterocycles. The Balaban J connectivity index is 1.93. The van der Waals surface area contributed by atoms with Crippen LogP contribution >= 0.6 is 0 Å². The Kier molecular flexibility index (Phi) is 5.78. The van der Waals surface area contributed by atoms with Crippen LogP contribution in [0.25, 0.3) is 0 Å². The number of carbonyl (C=O) groups is 4. The van der Waals surface area contributed by atoms with Gasteiger partial charge in [-0.05, 0) is 32.6 Å². The predicted octanol–water partition coefficient (Wildman–Crippen LogP) is 0.837. The van der Waals surface area contributed by atoms with Crippen molar-refractivity contribution in [2.75, 3.05) is 6.54 Å². The second kappa shape index (κ2) is 7.55. The van der Waals surface area contributed by atoms with Crippen LogP contribution in [-0.2, 0) is 19.1 Å². The molecule has 2 N–H and O–H groups in total. The quantitative estimate of drug-likeness (QED) is 0.520. The fraction of sp³-hybridized carbons (Fsp3) is 0.722. The summed E-state index contributed by atoms with van der Waals surface area (Å²) in [5.41, 5.74) is -2.00. The second-order valence-corrected chi connectivity index (χ2v) is 7.70. The summed E-state index contributed by atoms with van der Waals surface area (Å²) in [4.78, 5) is 49.8. The maximum atomic E-state index is 12.5. The minimum Gasteiger partial charge on any atom is -0.451 e. The third-order valence-corrected chi connectivity index (χ3v) is 5.44. The molecule has 1 saturated heterocycles. The average Bonchev–Trinajstić information content (AvgIpc) is 3.15. The van der Waals surface area contributed by atoms with Gasteiger partial charge < -0.3 is 15.4 Å². The number of imide groups is 1. The lowest BCUT2D eigenvalue weighted by molar-refractivity contribution is -0.157. The molecule has 4 amide bonds. The van der Waals surface area contributed by atoms with Crippen LogP contribution in [-0.4, -0.2) is 52.4 Å². The molecule has 148 valence electrons. The first-order chi connectivity index (χ1) is 12.5. The summed E-state index contributed by atoms with van der Waals surface area (Å²) < 4.78 is 5.06. The van der Waals surface area contributed by atoms with Crippen molar-refractivity contribution in [3.05, 3.63) is 0 Å². The summed E-state index contributed by atoms with van der Waals surface area (Å²) in [7, 11) is 0. The van der Waals surface area contributed by atoms with Crippen molar-refractivity contribution in [1.82, 2.24) is 15.5 Å². The summed E-state index contributed by atoms with van der Waals surface area (Å²) in [6.07, 6.45) is 1.64. The van der Waals surface area contributed by atoms with Gasteiger partial charge in [0.05, 0.1) is 6.07 Å². The molecule has 2 aliphatic rings. The van der Waals surface area contributed by atoms with Gasteiger partial charge in [-0.25, -0.2) is 4.79 Å². The number of esters is 1. The van der Waals surface area contributed by atoms with Crippen molar-refractivity contribution in [2.24, 2.45) is 5.92 Å². The van der Waals surface area contributed by atoms with Crippen molar-refractivity contribution >= 4 is 23.8 Å². The number of nitrogens with one attached hydrogen (secondary N) is 2. The topological polar surface area (TPSA) is 129 Å². The van der Waals surface area contributed by atoms with Gasteiger partial charge >= 0.3 is 12.0 Å². The van der Waals surface area contributed by atoms with E-state index in [1.165, 1.54) is 6.92 Å². The van der Waals surface area contributed by atoms with Gasteiger partial charge in [0.15, 0.2) is 6.10 Å². The summed E-state index contributed by atoms with van der Waals surface area (Å²) in [5.74, 6) is -2.05. The fourth-order valence-electron chi connectivity index (χ4n) is 3.21. The number of nitrogens with zero attached hydrogens (tertiary/aromatic N) is 2. The van der Waals surface area contributed by atoms with Crippen molar-refractivity contribution in [1.29, 1.82) is 5.26 Å². The standard InChI is InChI=1S/C18H26N4O5/c1-11(2)17(4,10-19)20-14(24)12(3)27-13(23)9-22-15(25)18(21-16(22)26)7-5-6-8-18/h11-12H,5-9H2,1-4H3,(H,20,24)(H,21,26)/t12-,17-/m0/s1. The average molecular weight is 378 g/mol. The summed E-state index contributed by atoms with van der Waals surface area (Å²) in [6.45, 7) is 5.98. The van der Waals surface area contributed by atoms with Gasteiger partial charge in [-0.3, -0.25) is 19.3 Å². The lowest BCUT2D eigenvalue weighted by Gasteiger charge is -2.28. The second-order valence-electron chi connectivity index (χ2n) is 7.70. The largest absolute Gasteiger partial charge is 0.451 e. The molecule has 2 rings (SSSR count). The van der Waals surface area contributed by atoms with E-state index >= 15 is 0 Å². The number of nitriles is 1. The van der Waals surface area contributed by atoms with Crippen molar-refractivity contribution in [2.45, 2.75) is 70.6 Å². The van der Waals surface area contributed by atoms with Gasteiger partial charge in [-0.1, -0.05) is 26.7 Å². The molecule has 2 fully saturated rings. The highest BCUT2D eigenvalue weighted by Crippen LogP contribution is 2.34. The molecule has 9 heteroatoms. The lowest BCUT2D eigenvalue weighted by Crippen LogP contribution is -2.52. The van der Waals surface area contributed by atoms with Gasteiger partial charge in [0.25, 0.3) is 11.8 Å². The maximum Gasteiger partial charge on any atom is 0.327 e. The third kappa shape index (κ3) is 4.04. The molecule has 0 unspecified atom stereocenters. The molecule has 0 aromatic rings. The summed E-state index contributed by atoms with van der Waals surface area (Å²) in [5, 5.41) is 14.5. The highest BCUT2D eigenvalue weighted by atomic mass is 16.5. The van der Waals surface area contributed by atoms with E-state index in [9.17, 15) is 24.4 Å². The molecule has 0 bridgehead atoms. The number of ether oxygens (including phenoxy) is 1. The van der Waals surface area contributed by atoms with Gasteiger partial charge in [-0.2, -0.15) is 5.26 Å². The van der Waals surface area contributed by atoms with Crippen molar-refractivity contribution in [3.8, 4) is 6.07 Å². The minimum atomic E-state index is -1.16. The van der Waals surface area contributed by atoms with Gasteiger partial charge in [0.2, 0.25) is 0 Å². The smallest absolute Gasteiger partial charge is 0.327 e.